The van der Waals surface area contributed by atoms with Gasteiger partial charge in [0, 0.05) is 49.6 Å². The van der Waals surface area contributed by atoms with E-state index < -0.39 is 9.84 Å². The summed E-state index contributed by atoms with van der Waals surface area (Å²) in [5.41, 5.74) is 2.99. The number of ether oxygens (including phenoxy) is 1. The largest absolute Gasteiger partial charge is 0.477 e. The smallest absolute Gasteiger partial charge is 0.225 e. The molecule has 3 aromatic rings. The minimum absolute atomic E-state index is 0.310. The highest BCUT2D eigenvalue weighted by Gasteiger charge is 2.21. The molecule has 0 atom stereocenters. The van der Waals surface area contributed by atoms with E-state index in [1.165, 1.54) is 6.26 Å². The van der Waals surface area contributed by atoms with E-state index in [-0.39, 0.29) is 0 Å². The van der Waals surface area contributed by atoms with Gasteiger partial charge in [-0.25, -0.2) is 23.4 Å². The van der Waals surface area contributed by atoms with Crippen LogP contribution in [0.25, 0.3) is 11.1 Å². The molecule has 3 heterocycles. The van der Waals surface area contributed by atoms with Crippen LogP contribution in [0.4, 0.5) is 5.95 Å². The molecule has 1 aliphatic heterocycles. The summed E-state index contributed by atoms with van der Waals surface area (Å²) in [6, 6.07) is 10.6. The molecular weight excluding hydrogens is 424 g/mol. The first-order chi connectivity index (χ1) is 15.4. The molecule has 0 saturated carbocycles. The van der Waals surface area contributed by atoms with E-state index in [0.29, 0.717) is 23.3 Å². The lowest BCUT2D eigenvalue weighted by Gasteiger charge is -2.31. The van der Waals surface area contributed by atoms with Crippen LogP contribution in [0.1, 0.15) is 25.3 Å². The lowest BCUT2D eigenvalue weighted by atomic mass is 9.98. The summed E-state index contributed by atoms with van der Waals surface area (Å²) >= 11 is 0. The zero-order chi connectivity index (χ0) is 22.6. The molecule has 1 aliphatic rings. The van der Waals surface area contributed by atoms with Crippen molar-refractivity contribution in [2.45, 2.75) is 31.1 Å². The summed E-state index contributed by atoms with van der Waals surface area (Å²) in [7, 11) is -3.19. The van der Waals surface area contributed by atoms with Crippen LogP contribution >= 0.6 is 0 Å². The predicted molar refractivity (Wildman–Crippen MR) is 125 cm³/mol. The first-order valence-corrected chi connectivity index (χ1v) is 12.8. The average molecular weight is 453 g/mol. The topological polar surface area (TPSA) is 85.3 Å². The quantitative estimate of drug-likeness (QED) is 0.539. The van der Waals surface area contributed by atoms with Gasteiger partial charge in [0.2, 0.25) is 11.8 Å². The van der Waals surface area contributed by atoms with E-state index in [0.717, 1.165) is 55.0 Å². The molecule has 0 spiro atoms. The number of benzene rings is 1. The number of hydrogen-bond donors (Lipinski definition) is 0. The Morgan fingerprint density at radius 2 is 1.59 bits per heavy atom. The second-order valence-electron chi connectivity index (χ2n) is 8.17. The van der Waals surface area contributed by atoms with Crippen LogP contribution in [0.15, 0.2) is 59.9 Å². The number of hydrogen-bond acceptors (Lipinski definition) is 7. The van der Waals surface area contributed by atoms with Crippen molar-refractivity contribution in [2.24, 2.45) is 5.92 Å². The van der Waals surface area contributed by atoms with Gasteiger partial charge in [0.25, 0.3) is 0 Å². The van der Waals surface area contributed by atoms with Crippen LogP contribution in [0.5, 0.6) is 5.88 Å². The van der Waals surface area contributed by atoms with Gasteiger partial charge in [-0.2, -0.15) is 0 Å². The third-order valence-electron chi connectivity index (χ3n) is 5.82. The van der Waals surface area contributed by atoms with Crippen molar-refractivity contribution in [1.82, 2.24) is 15.0 Å². The molecule has 2 aromatic heterocycles. The molecular formula is C24H28N4O3S. The van der Waals surface area contributed by atoms with Gasteiger partial charge in [-0.1, -0.05) is 19.1 Å². The molecule has 0 radical (unpaired) electrons. The maximum atomic E-state index is 11.6. The Hall–Kier alpha value is -3.00. The SMILES string of the molecule is CCc1cnc(N2CCC(COc3ccc(-c4ccc(S(C)(=O)=O)cc4)cn3)CC2)nc1. The first-order valence-electron chi connectivity index (χ1n) is 10.9. The van der Waals surface area contributed by atoms with E-state index >= 15 is 0 Å². The van der Waals surface area contributed by atoms with Gasteiger partial charge in [-0.05, 0) is 54.5 Å². The molecule has 1 fully saturated rings. The van der Waals surface area contributed by atoms with E-state index in [1.807, 2.05) is 24.5 Å². The Kier molecular flexibility index (Phi) is 6.69. The summed E-state index contributed by atoms with van der Waals surface area (Å²) in [5, 5.41) is 0. The second-order valence-corrected chi connectivity index (χ2v) is 10.2. The maximum absolute atomic E-state index is 11.6. The van der Waals surface area contributed by atoms with Crippen molar-refractivity contribution < 1.29 is 13.2 Å². The Morgan fingerprint density at radius 1 is 0.938 bits per heavy atom. The first kappa shape index (κ1) is 22.2. The molecule has 1 aromatic carbocycles. The second kappa shape index (κ2) is 9.65. The number of piperidine rings is 1. The average Bonchev–Trinajstić information content (AvgIpc) is 2.83. The predicted octanol–water partition coefficient (Wildman–Crippen LogP) is 3.80. The molecule has 1 saturated heterocycles. The molecule has 0 amide bonds. The fourth-order valence-corrected chi connectivity index (χ4v) is 4.36. The van der Waals surface area contributed by atoms with E-state index in [4.69, 9.17) is 4.74 Å². The highest BCUT2D eigenvalue weighted by Crippen LogP contribution is 2.24. The fourth-order valence-electron chi connectivity index (χ4n) is 3.73. The van der Waals surface area contributed by atoms with Gasteiger partial charge < -0.3 is 9.64 Å². The number of aryl methyl sites for hydroxylation is 1. The van der Waals surface area contributed by atoms with Crippen molar-refractivity contribution in [3.05, 3.63) is 60.6 Å². The summed E-state index contributed by atoms with van der Waals surface area (Å²) in [6.45, 7) is 4.59. The van der Waals surface area contributed by atoms with E-state index in [1.54, 1.807) is 30.5 Å². The summed E-state index contributed by atoms with van der Waals surface area (Å²) in [6.07, 6.45) is 9.79. The molecule has 0 aliphatic carbocycles. The van der Waals surface area contributed by atoms with Gasteiger partial charge in [-0.3, -0.25) is 0 Å². The van der Waals surface area contributed by atoms with Gasteiger partial charge >= 0.3 is 0 Å². The van der Waals surface area contributed by atoms with Crippen LogP contribution in [-0.2, 0) is 16.3 Å². The molecule has 32 heavy (non-hydrogen) atoms. The zero-order valence-corrected chi connectivity index (χ0v) is 19.3. The fraction of sp³-hybridized carbons (Fsp3) is 0.375. The number of sulfone groups is 1. The number of aromatic nitrogens is 3. The van der Waals surface area contributed by atoms with Crippen molar-refractivity contribution in [2.75, 3.05) is 30.9 Å². The third kappa shape index (κ3) is 5.43. The highest BCUT2D eigenvalue weighted by molar-refractivity contribution is 7.90. The van der Waals surface area contributed by atoms with Crippen molar-refractivity contribution in [3.8, 4) is 17.0 Å². The highest BCUT2D eigenvalue weighted by atomic mass is 32.2. The molecule has 0 N–H and O–H groups in total. The molecule has 0 bridgehead atoms. The Labute approximate surface area is 189 Å². The van der Waals surface area contributed by atoms with Crippen LogP contribution in [-0.4, -0.2) is 49.3 Å². The summed E-state index contributed by atoms with van der Waals surface area (Å²) < 4.78 is 29.1. The third-order valence-corrected chi connectivity index (χ3v) is 6.94. The van der Waals surface area contributed by atoms with Crippen molar-refractivity contribution >= 4 is 15.8 Å². The summed E-state index contributed by atoms with van der Waals surface area (Å²) in [4.78, 5) is 15.9. The van der Waals surface area contributed by atoms with Crippen LogP contribution < -0.4 is 9.64 Å². The van der Waals surface area contributed by atoms with E-state index in [2.05, 4.69) is 26.8 Å². The van der Waals surface area contributed by atoms with Crippen LogP contribution in [0.2, 0.25) is 0 Å². The van der Waals surface area contributed by atoms with Crippen LogP contribution in [0, 0.1) is 5.92 Å². The van der Waals surface area contributed by atoms with Gasteiger partial charge in [-0.15, -0.1) is 0 Å². The molecule has 7 nitrogen and oxygen atoms in total. The normalized spacial score (nSPS) is 15.0. The number of pyridine rings is 1. The van der Waals surface area contributed by atoms with Crippen molar-refractivity contribution in [1.29, 1.82) is 0 Å². The van der Waals surface area contributed by atoms with Crippen molar-refractivity contribution in [3.63, 3.8) is 0 Å². The molecule has 168 valence electrons. The number of nitrogens with zero attached hydrogens (tertiary/aromatic N) is 4. The zero-order valence-electron chi connectivity index (χ0n) is 18.4. The lowest BCUT2D eigenvalue weighted by molar-refractivity contribution is 0.215. The minimum atomic E-state index is -3.19. The molecule has 4 rings (SSSR count). The monoisotopic (exact) mass is 452 g/mol. The number of rotatable bonds is 7. The Bertz CT molecular complexity index is 1120. The standard InChI is InChI=1S/C24H28N4O3S/c1-3-18-14-26-24(27-15-18)28-12-10-19(11-13-28)17-31-23-9-6-21(16-25-23)20-4-7-22(8-5-20)32(2,29)30/h4-9,14-16,19H,3,10-13,17H2,1-2H3. The van der Waals surface area contributed by atoms with Gasteiger partial charge in [0.1, 0.15) is 0 Å². The number of anilines is 1. The van der Waals surface area contributed by atoms with Gasteiger partial charge in [0.15, 0.2) is 9.84 Å². The molecule has 8 heteroatoms. The van der Waals surface area contributed by atoms with Gasteiger partial charge in [0.05, 0.1) is 11.5 Å². The summed E-state index contributed by atoms with van der Waals surface area (Å²) in [5.74, 6) is 1.89. The Morgan fingerprint density at radius 3 is 2.16 bits per heavy atom. The molecule has 0 unspecified atom stereocenters. The van der Waals surface area contributed by atoms with E-state index in [9.17, 15) is 8.42 Å². The maximum Gasteiger partial charge on any atom is 0.225 e. The Balaban J connectivity index is 1.27. The minimum Gasteiger partial charge on any atom is -0.477 e. The van der Waals surface area contributed by atoms with Crippen LogP contribution in [0.3, 0.4) is 0 Å². The lowest BCUT2D eigenvalue weighted by Crippen LogP contribution is -2.36.